The van der Waals surface area contributed by atoms with Crippen molar-refractivity contribution in [2.75, 3.05) is 11.5 Å². The third-order valence-electron chi connectivity index (χ3n) is 5.82. The average Bonchev–Trinajstić information content (AvgIpc) is 3.60. The number of nitrogens with two attached hydrogens (primary N) is 2. The van der Waals surface area contributed by atoms with Crippen LogP contribution in [0, 0.1) is 0 Å². The second kappa shape index (κ2) is 7.94. The zero-order chi connectivity index (χ0) is 25.0. The van der Waals surface area contributed by atoms with Crippen molar-refractivity contribution in [3.63, 3.8) is 0 Å². The Kier molecular flexibility index (Phi) is 4.82. The van der Waals surface area contributed by atoms with Gasteiger partial charge >= 0.3 is 0 Å². The lowest BCUT2D eigenvalue weighted by atomic mass is 9.99. The summed E-state index contributed by atoms with van der Waals surface area (Å²) < 4.78 is 34.5. The van der Waals surface area contributed by atoms with Gasteiger partial charge in [0.15, 0.2) is 0 Å². The quantitative estimate of drug-likeness (QED) is 0.424. The van der Waals surface area contributed by atoms with Crippen LogP contribution < -0.4 is 11.5 Å². The number of anilines is 2. The van der Waals surface area contributed by atoms with Crippen LogP contribution in [0.5, 0.6) is 0 Å². The minimum absolute atomic E-state index is 0.0421. The molecule has 1 aromatic rings. The van der Waals surface area contributed by atoms with Crippen LogP contribution in [0.25, 0.3) is 5.57 Å². The number of hydrogen-bond acceptors (Lipinski definition) is 8. The Hall–Kier alpha value is -4.67. The van der Waals surface area contributed by atoms with Gasteiger partial charge in [0.1, 0.15) is 4.90 Å². The van der Waals surface area contributed by atoms with Crippen LogP contribution >= 0.6 is 0 Å². The number of fused-ring (bicyclic) bond motifs is 4. The SMILES string of the molecule is Nc1ccc(C2=CC3=CC4=NC(=CC5=NC(=CC6=NC(=CC2=N3)C=C6)C=C5)C=C4)c(S(=O)(=O)O)c1N. The monoisotopic (exact) mass is 494 g/mol. The van der Waals surface area contributed by atoms with E-state index in [2.05, 4.69) is 15.0 Å². The molecule has 10 heteroatoms. The fourth-order valence-electron chi connectivity index (χ4n) is 4.22. The maximum Gasteiger partial charge on any atom is 0.297 e. The molecule has 5 aliphatic heterocycles. The first kappa shape index (κ1) is 21.8. The largest absolute Gasteiger partial charge is 0.397 e. The molecule has 176 valence electrons. The topological polar surface area (TPSA) is 156 Å². The molecule has 0 aliphatic carbocycles. The van der Waals surface area contributed by atoms with Crippen LogP contribution in [0.2, 0.25) is 0 Å². The molecule has 0 saturated carbocycles. The van der Waals surface area contributed by atoms with Crippen molar-refractivity contribution in [3.8, 4) is 0 Å². The van der Waals surface area contributed by atoms with E-state index in [1.807, 2.05) is 48.6 Å². The van der Waals surface area contributed by atoms with E-state index >= 15 is 0 Å². The number of nitrogens with zero attached hydrogens (tertiary/aromatic N) is 4. The molecule has 0 fully saturated rings. The zero-order valence-electron chi connectivity index (χ0n) is 18.6. The molecule has 5 N–H and O–H groups in total. The lowest BCUT2D eigenvalue weighted by Crippen LogP contribution is -2.11. The molecular weight excluding hydrogens is 476 g/mol. The molecule has 0 spiro atoms. The fraction of sp³-hybridized carbons (Fsp3) is 0. The summed E-state index contributed by atoms with van der Waals surface area (Å²) in [6.45, 7) is 0. The van der Waals surface area contributed by atoms with Crippen LogP contribution in [0.4, 0.5) is 11.4 Å². The Morgan fingerprint density at radius 1 is 0.639 bits per heavy atom. The van der Waals surface area contributed by atoms with Gasteiger partial charge in [0.2, 0.25) is 0 Å². The number of nitrogen functional groups attached to an aromatic ring is 2. The Bertz CT molecular complexity index is 1750. The van der Waals surface area contributed by atoms with Gasteiger partial charge in [0.25, 0.3) is 10.1 Å². The molecule has 9 nitrogen and oxygen atoms in total. The molecule has 6 rings (SSSR count). The first-order valence-corrected chi connectivity index (χ1v) is 12.3. The highest BCUT2D eigenvalue weighted by molar-refractivity contribution is 7.86. The zero-order valence-corrected chi connectivity index (χ0v) is 19.4. The number of rotatable bonds is 2. The number of hydrogen-bond donors (Lipinski definition) is 3. The predicted octanol–water partition coefficient (Wildman–Crippen LogP) is 3.52. The molecule has 5 heterocycles. The van der Waals surface area contributed by atoms with Crippen LogP contribution in [0.1, 0.15) is 5.56 Å². The first-order valence-electron chi connectivity index (χ1n) is 10.9. The van der Waals surface area contributed by atoms with Crippen molar-refractivity contribution >= 4 is 49.9 Å². The highest BCUT2D eigenvalue weighted by Crippen LogP contribution is 2.37. The maximum absolute atomic E-state index is 12.3. The van der Waals surface area contributed by atoms with E-state index in [1.54, 1.807) is 18.2 Å². The van der Waals surface area contributed by atoms with Crippen LogP contribution in [-0.4, -0.2) is 35.8 Å². The summed E-state index contributed by atoms with van der Waals surface area (Å²) in [5, 5.41) is 0. The molecular formula is C26H18N6O3S. The smallest absolute Gasteiger partial charge is 0.297 e. The first-order chi connectivity index (χ1) is 17.2. The number of benzene rings is 1. The average molecular weight is 495 g/mol. The van der Waals surface area contributed by atoms with Gasteiger partial charge in [-0.15, -0.1) is 0 Å². The summed E-state index contributed by atoms with van der Waals surface area (Å²) in [4.78, 5) is 18.1. The number of aliphatic imine (C=N–C) groups is 4. The summed E-state index contributed by atoms with van der Waals surface area (Å²) in [6.07, 6.45) is 20.2. The summed E-state index contributed by atoms with van der Waals surface area (Å²) in [7, 11) is -4.69. The Morgan fingerprint density at radius 2 is 1.17 bits per heavy atom. The number of allylic oxidation sites excluding steroid dienone is 12. The standard InChI is InChI=1S/C26H18N6O3S/c27-23-8-7-21(26(25(23)28)36(33,34)35)22-12-20-11-18-4-3-16(30-18)9-14-1-2-15(29-14)10-17-5-6-19(31-17)13-24(22)32-20/h1-13H,27-28H2,(H,33,34,35). The van der Waals surface area contributed by atoms with Crippen LogP contribution in [0.15, 0.2) is 127 Å². The van der Waals surface area contributed by atoms with Gasteiger partial charge in [-0.25, -0.2) is 20.0 Å². The van der Waals surface area contributed by atoms with Gasteiger partial charge < -0.3 is 11.5 Å². The maximum atomic E-state index is 12.3. The minimum atomic E-state index is -4.69. The van der Waals surface area contributed by atoms with Gasteiger partial charge in [0, 0.05) is 11.1 Å². The minimum Gasteiger partial charge on any atom is -0.397 e. The van der Waals surface area contributed by atoms with Crippen molar-refractivity contribution in [1.82, 2.24) is 0 Å². The Balaban J connectivity index is 1.56. The molecule has 0 atom stereocenters. The van der Waals surface area contributed by atoms with Crippen molar-refractivity contribution in [3.05, 3.63) is 107 Å². The Morgan fingerprint density at radius 3 is 1.72 bits per heavy atom. The second-order valence-electron chi connectivity index (χ2n) is 8.36. The third kappa shape index (κ3) is 3.94. The van der Waals surface area contributed by atoms with E-state index in [0.29, 0.717) is 34.1 Å². The van der Waals surface area contributed by atoms with Crippen LogP contribution in [0.3, 0.4) is 0 Å². The molecule has 8 bridgehead atoms. The summed E-state index contributed by atoms with van der Waals surface area (Å²) in [6, 6.07) is 2.99. The second-order valence-corrected chi connectivity index (χ2v) is 9.72. The van der Waals surface area contributed by atoms with E-state index in [9.17, 15) is 13.0 Å². The molecule has 0 aromatic heterocycles. The van der Waals surface area contributed by atoms with Crippen LogP contribution in [-0.2, 0) is 10.1 Å². The van der Waals surface area contributed by atoms with Crippen molar-refractivity contribution in [2.24, 2.45) is 20.0 Å². The van der Waals surface area contributed by atoms with Gasteiger partial charge in [-0.2, -0.15) is 8.42 Å². The summed E-state index contributed by atoms with van der Waals surface area (Å²) >= 11 is 0. The fourth-order valence-corrected chi connectivity index (χ4v) is 5.07. The lowest BCUT2D eigenvalue weighted by Gasteiger charge is -2.13. The van der Waals surface area contributed by atoms with E-state index in [-0.39, 0.29) is 16.9 Å². The van der Waals surface area contributed by atoms with E-state index in [1.165, 1.54) is 12.1 Å². The lowest BCUT2D eigenvalue weighted by molar-refractivity contribution is 0.483. The normalized spacial score (nSPS) is 19.8. The van der Waals surface area contributed by atoms with Crippen molar-refractivity contribution < 1.29 is 13.0 Å². The van der Waals surface area contributed by atoms with Gasteiger partial charge in [-0.1, -0.05) is 6.07 Å². The van der Waals surface area contributed by atoms with Crippen molar-refractivity contribution in [2.45, 2.75) is 4.90 Å². The summed E-state index contributed by atoms with van der Waals surface area (Å²) in [5.41, 5.74) is 17.5. The third-order valence-corrected chi connectivity index (χ3v) is 6.77. The molecule has 0 radical (unpaired) electrons. The molecule has 1 aromatic carbocycles. The van der Waals surface area contributed by atoms with E-state index < -0.39 is 15.0 Å². The van der Waals surface area contributed by atoms with Gasteiger partial charge in [-0.3, -0.25) is 4.55 Å². The molecule has 5 aliphatic rings. The van der Waals surface area contributed by atoms with Gasteiger partial charge in [-0.05, 0) is 72.9 Å². The summed E-state index contributed by atoms with van der Waals surface area (Å²) in [5.74, 6) is 0. The Labute approximate surface area is 206 Å². The molecule has 36 heavy (non-hydrogen) atoms. The predicted molar refractivity (Wildman–Crippen MR) is 143 cm³/mol. The highest BCUT2D eigenvalue weighted by Gasteiger charge is 2.27. The molecule has 0 saturated heterocycles. The van der Waals surface area contributed by atoms with Crippen molar-refractivity contribution in [1.29, 1.82) is 0 Å². The van der Waals surface area contributed by atoms with E-state index in [4.69, 9.17) is 16.5 Å². The van der Waals surface area contributed by atoms with E-state index in [0.717, 1.165) is 17.1 Å². The van der Waals surface area contributed by atoms with Gasteiger partial charge in [0.05, 0.1) is 57.0 Å². The molecule has 0 unspecified atom stereocenters. The molecule has 0 amide bonds. The highest BCUT2D eigenvalue weighted by atomic mass is 32.2.